The fourth-order valence-corrected chi connectivity index (χ4v) is 3.04. The van der Waals surface area contributed by atoms with Crippen molar-refractivity contribution in [2.24, 2.45) is 0 Å². The fourth-order valence-electron chi connectivity index (χ4n) is 3.04. The Kier molecular flexibility index (Phi) is 5.08. The minimum atomic E-state index is 0.0369. The monoisotopic (exact) mass is 344 g/mol. The van der Waals surface area contributed by atoms with Crippen LogP contribution in [0.25, 0.3) is 6.08 Å². The quantitative estimate of drug-likeness (QED) is 0.744. The first-order chi connectivity index (χ1) is 12.4. The largest absolute Gasteiger partial charge is 0.295 e. The van der Waals surface area contributed by atoms with Crippen LogP contribution in [0.3, 0.4) is 0 Å². The number of carbonyl (C=O) groups is 3. The summed E-state index contributed by atoms with van der Waals surface area (Å²) in [7, 11) is 0. The molecule has 0 heterocycles. The number of Topliss-reactive ketones (excluding diaryl/α,β-unsaturated/α-hetero) is 2. The summed E-state index contributed by atoms with van der Waals surface area (Å²) in [5.74, 6) is 0.184. The number of carbonyl (C=O) groups excluding carboxylic acids is 3. The van der Waals surface area contributed by atoms with E-state index in [9.17, 15) is 14.4 Å². The Morgan fingerprint density at radius 3 is 1.96 bits per heavy atom. The van der Waals surface area contributed by atoms with Gasteiger partial charge in [-0.05, 0) is 48.6 Å². The lowest BCUT2D eigenvalue weighted by Gasteiger charge is -2.07. The van der Waals surface area contributed by atoms with Gasteiger partial charge in [0.2, 0.25) is 0 Å². The van der Waals surface area contributed by atoms with Crippen LogP contribution < -0.4 is 0 Å². The lowest BCUT2D eigenvalue weighted by Crippen LogP contribution is -1.95. The van der Waals surface area contributed by atoms with E-state index >= 15 is 0 Å². The van der Waals surface area contributed by atoms with Crippen LogP contribution in [0.4, 0.5) is 0 Å². The highest BCUT2D eigenvalue weighted by Crippen LogP contribution is 2.28. The summed E-state index contributed by atoms with van der Waals surface area (Å²) in [6.45, 7) is 3.09. The van der Waals surface area contributed by atoms with E-state index in [1.807, 2.05) is 42.5 Å². The zero-order chi connectivity index (χ0) is 18.7. The van der Waals surface area contributed by atoms with Crippen LogP contribution in [0.15, 0.2) is 65.8 Å². The molecule has 2 aromatic rings. The van der Waals surface area contributed by atoms with E-state index in [4.69, 9.17) is 0 Å². The van der Waals surface area contributed by atoms with Crippen LogP contribution in [0.2, 0.25) is 0 Å². The lowest BCUT2D eigenvalue weighted by molar-refractivity contribution is -0.113. The van der Waals surface area contributed by atoms with Crippen molar-refractivity contribution in [3.8, 4) is 0 Å². The third kappa shape index (κ3) is 4.12. The van der Waals surface area contributed by atoms with Crippen molar-refractivity contribution >= 4 is 23.4 Å². The van der Waals surface area contributed by atoms with Crippen molar-refractivity contribution in [1.82, 2.24) is 0 Å². The van der Waals surface area contributed by atoms with E-state index in [0.29, 0.717) is 24.0 Å². The molecule has 1 aliphatic rings. The summed E-state index contributed by atoms with van der Waals surface area (Å²) in [5.41, 5.74) is 5.40. The molecule has 0 spiro atoms. The highest BCUT2D eigenvalue weighted by molar-refractivity contribution is 5.99. The second kappa shape index (κ2) is 7.44. The maximum atomic E-state index is 11.9. The van der Waals surface area contributed by atoms with Crippen LogP contribution in [-0.2, 0) is 11.2 Å². The molecule has 1 aliphatic carbocycles. The average molecular weight is 344 g/mol. The Morgan fingerprint density at radius 2 is 1.42 bits per heavy atom. The van der Waals surface area contributed by atoms with Gasteiger partial charge in [0.15, 0.2) is 17.3 Å². The molecule has 0 radical (unpaired) electrons. The van der Waals surface area contributed by atoms with Crippen LogP contribution >= 0.6 is 0 Å². The Labute approximate surface area is 153 Å². The predicted octanol–water partition coefficient (Wildman–Crippen LogP) is 4.62. The summed E-state index contributed by atoms with van der Waals surface area (Å²) in [6, 6.07) is 14.9. The van der Waals surface area contributed by atoms with E-state index in [-0.39, 0.29) is 17.3 Å². The van der Waals surface area contributed by atoms with Crippen molar-refractivity contribution in [2.75, 3.05) is 0 Å². The van der Waals surface area contributed by atoms with Crippen molar-refractivity contribution < 1.29 is 14.4 Å². The molecule has 0 fully saturated rings. The van der Waals surface area contributed by atoms with Crippen molar-refractivity contribution in [3.63, 3.8) is 0 Å². The number of ketones is 3. The molecule has 0 amide bonds. The van der Waals surface area contributed by atoms with Gasteiger partial charge in [-0.15, -0.1) is 0 Å². The van der Waals surface area contributed by atoms with Gasteiger partial charge in [-0.25, -0.2) is 0 Å². The van der Waals surface area contributed by atoms with Crippen molar-refractivity contribution in [3.05, 3.63) is 88.0 Å². The van der Waals surface area contributed by atoms with E-state index in [0.717, 1.165) is 22.3 Å². The van der Waals surface area contributed by atoms with Gasteiger partial charge >= 0.3 is 0 Å². The SMILES string of the molecule is CC(=O)c1ccc(/C=C2/CC(=O)C=C2Cc2ccc(C(C)=O)cc2)cc1. The number of allylic oxidation sites excluding steroid dienone is 3. The van der Waals surface area contributed by atoms with Crippen LogP contribution in [0.1, 0.15) is 52.1 Å². The summed E-state index contributed by atoms with van der Waals surface area (Å²) in [5, 5.41) is 0. The first kappa shape index (κ1) is 17.7. The molecule has 0 N–H and O–H groups in total. The van der Waals surface area contributed by atoms with Crippen molar-refractivity contribution in [1.29, 1.82) is 0 Å². The van der Waals surface area contributed by atoms with Gasteiger partial charge in [0, 0.05) is 17.5 Å². The smallest absolute Gasteiger partial charge is 0.160 e. The zero-order valence-corrected chi connectivity index (χ0v) is 14.9. The molecule has 3 heteroatoms. The third-order valence-electron chi connectivity index (χ3n) is 4.53. The van der Waals surface area contributed by atoms with Crippen LogP contribution in [0.5, 0.6) is 0 Å². The molecule has 3 rings (SSSR count). The molecular formula is C23H20O3. The normalized spacial score (nSPS) is 15.2. The first-order valence-corrected chi connectivity index (χ1v) is 8.57. The van der Waals surface area contributed by atoms with Gasteiger partial charge in [-0.1, -0.05) is 54.6 Å². The second-order valence-corrected chi connectivity index (χ2v) is 6.59. The van der Waals surface area contributed by atoms with Gasteiger partial charge in [-0.3, -0.25) is 14.4 Å². The number of hydrogen-bond acceptors (Lipinski definition) is 3. The van der Waals surface area contributed by atoms with E-state index in [1.54, 1.807) is 32.1 Å². The molecular weight excluding hydrogens is 324 g/mol. The van der Waals surface area contributed by atoms with Gasteiger partial charge in [-0.2, -0.15) is 0 Å². The summed E-state index contributed by atoms with van der Waals surface area (Å²) < 4.78 is 0. The van der Waals surface area contributed by atoms with Crippen LogP contribution in [0, 0.1) is 0 Å². The fraction of sp³-hybridized carbons (Fsp3) is 0.174. The Morgan fingerprint density at radius 1 is 0.885 bits per heavy atom. The molecule has 0 aromatic heterocycles. The number of rotatable bonds is 5. The van der Waals surface area contributed by atoms with E-state index < -0.39 is 0 Å². The van der Waals surface area contributed by atoms with Crippen LogP contribution in [-0.4, -0.2) is 17.3 Å². The second-order valence-electron chi connectivity index (χ2n) is 6.59. The molecule has 0 saturated carbocycles. The van der Waals surface area contributed by atoms with Gasteiger partial charge in [0.25, 0.3) is 0 Å². The molecule has 0 bridgehead atoms. The Bertz CT molecular complexity index is 926. The molecule has 2 aromatic carbocycles. The van der Waals surface area contributed by atoms with E-state index in [1.165, 1.54) is 0 Å². The van der Waals surface area contributed by atoms with Gasteiger partial charge < -0.3 is 0 Å². The average Bonchev–Trinajstić information content (AvgIpc) is 2.95. The molecule has 0 atom stereocenters. The molecule has 26 heavy (non-hydrogen) atoms. The highest BCUT2D eigenvalue weighted by Gasteiger charge is 2.18. The Hall–Kier alpha value is -3.07. The topological polar surface area (TPSA) is 51.2 Å². The zero-order valence-electron chi connectivity index (χ0n) is 14.9. The summed E-state index contributed by atoms with van der Waals surface area (Å²) in [4.78, 5) is 34.7. The number of benzene rings is 2. The molecule has 3 nitrogen and oxygen atoms in total. The summed E-state index contributed by atoms with van der Waals surface area (Å²) in [6.07, 6.45) is 4.76. The highest BCUT2D eigenvalue weighted by atomic mass is 16.1. The van der Waals surface area contributed by atoms with Gasteiger partial charge in [0.1, 0.15) is 0 Å². The molecule has 0 saturated heterocycles. The first-order valence-electron chi connectivity index (χ1n) is 8.57. The lowest BCUT2D eigenvalue weighted by atomic mass is 9.97. The number of hydrogen-bond donors (Lipinski definition) is 0. The maximum absolute atomic E-state index is 11.9. The molecule has 0 unspecified atom stereocenters. The Balaban J connectivity index is 1.81. The van der Waals surface area contributed by atoms with E-state index in [2.05, 4.69) is 0 Å². The molecule has 0 aliphatic heterocycles. The predicted molar refractivity (Wildman–Crippen MR) is 102 cm³/mol. The maximum Gasteiger partial charge on any atom is 0.160 e. The minimum absolute atomic E-state index is 0.0369. The molecule has 130 valence electrons. The van der Waals surface area contributed by atoms with Crippen molar-refractivity contribution in [2.45, 2.75) is 26.7 Å². The third-order valence-corrected chi connectivity index (χ3v) is 4.53. The minimum Gasteiger partial charge on any atom is -0.295 e. The van der Waals surface area contributed by atoms with Gasteiger partial charge in [0.05, 0.1) is 0 Å². The standard InChI is InChI=1S/C23H20O3/c1-15(24)19-7-3-17(4-8-19)11-21-13-23(26)14-22(21)12-18-5-9-20(10-6-18)16(2)25/h3-11,14H,12-13H2,1-2H3/b21-11-. The summed E-state index contributed by atoms with van der Waals surface area (Å²) >= 11 is 0.